The van der Waals surface area contributed by atoms with Crippen LogP contribution in [0.15, 0.2) is 29.3 Å². The van der Waals surface area contributed by atoms with Crippen LogP contribution in [0.5, 0.6) is 0 Å². The molecule has 0 amide bonds. The lowest BCUT2D eigenvalue weighted by Gasteiger charge is -2.17. The van der Waals surface area contributed by atoms with E-state index in [9.17, 15) is 8.42 Å². The summed E-state index contributed by atoms with van der Waals surface area (Å²) < 4.78 is 22.5. The maximum absolute atomic E-state index is 11.3. The van der Waals surface area contributed by atoms with E-state index in [1.54, 1.807) is 0 Å². The molecule has 1 aromatic rings. The van der Waals surface area contributed by atoms with Gasteiger partial charge in [-0.3, -0.25) is 4.99 Å². The van der Waals surface area contributed by atoms with Gasteiger partial charge in [-0.1, -0.05) is 29.8 Å². The van der Waals surface area contributed by atoms with E-state index in [0.29, 0.717) is 6.42 Å². The second-order valence-corrected chi connectivity index (χ2v) is 9.63. The van der Waals surface area contributed by atoms with Crippen LogP contribution in [0.3, 0.4) is 0 Å². The molecule has 0 spiro atoms. The van der Waals surface area contributed by atoms with Crippen molar-refractivity contribution in [3.63, 3.8) is 0 Å². The van der Waals surface area contributed by atoms with Crippen LogP contribution in [0.1, 0.15) is 31.4 Å². The summed E-state index contributed by atoms with van der Waals surface area (Å²) in [5.74, 6) is 2.87. The number of thioether (sulfide) groups is 1. The molecule has 1 rings (SSSR count). The normalized spacial score (nSPS) is 13.0. The van der Waals surface area contributed by atoms with Crippen molar-refractivity contribution >= 4 is 51.5 Å². The lowest BCUT2D eigenvalue weighted by molar-refractivity contribution is 0.581. The van der Waals surface area contributed by atoms with Crippen molar-refractivity contribution in [3.8, 4) is 0 Å². The van der Waals surface area contributed by atoms with Crippen molar-refractivity contribution in [1.29, 1.82) is 0 Å². The molecule has 0 heterocycles. The number of hydrogen-bond donors (Lipinski definition) is 2. The third-order valence-electron chi connectivity index (χ3n) is 3.54. The number of nitrogens with zero attached hydrogens (tertiary/aromatic N) is 1. The number of sulfone groups is 1. The van der Waals surface area contributed by atoms with Gasteiger partial charge in [0, 0.05) is 30.3 Å². The Hall–Kier alpha value is -0.480. The van der Waals surface area contributed by atoms with Crippen LogP contribution < -0.4 is 10.6 Å². The average Bonchev–Trinajstić information content (AvgIpc) is 2.54. The fraction of sp³-hybridized carbons (Fsp3) is 0.611. The van der Waals surface area contributed by atoms with Gasteiger partial charge >= 0.3 is 0 Å². The van der Waals surface area contributed by atoms with Gasteiger partial charge in [0.1, 0.15) is 9.84 Å². The van der Waals surface area contributed by atoms with Gasteiger partial charge in [-0.05, 0) is 32.8 Å². The van der Waals surface area contributed by atoms with Gasteiger partial charge in [-0.25, -0.2) is 8.42 Å². The van der Waals surface area contributed by atoms with Crippen molar-refractivity contribution in [2.24, 2.45) is 4.99 Å². The highest BCUT2D eigenvalue weighted by Crippen LogP contribution is 2.12. The summed E-state index contributed by atoms with van der Waals surface area (Å²) in [6.07, 6.45) is 1.84. The molecular formula is C18H32IN3O2S2. The van der Waals surface area contributed by atoms with Gasteiger partial charge in [-0.15, -0.1) is 24.0 Å². The number of nitrogens with one attached hydrogen (secondary N) is 2. The molecule has 0 bridgehead atoms. The second-order valence-electron chi connectivity index (χ2n) is 6.26. The molecule has 8 heteroatoms. The minimum absolute atomic E-state index is 0. The van der Waals surface area contributed by atoms with Gasteiger partial charge in [-0.2, -0.15) is 11.8 Å². The number of benzene rings is 1. The van der Waals surface area contributed by atoms with Crippen LogP contribution in [0.4, 0.5) is 0 Å². The predicted molar refractivity (Wildman–Crippen MR) is 126 cm³/mol. The van der Waals surface area contributed by atoms with Crippen molar-refractivity contribution in [2.45, 2.75) is 39.0 Å². The molecule has 0 radical (unpaired) electrons. The van der Waals surface area contributed by atoms with Crippen molar-refractivity contribution in [1.82, 2.24) is 10.6 Å². The largest absolute Gasteiger partial charge is 0.357 e. The Balaban J connectivity index is 0.00000625. The molecule has 5 nitrogen and oxygen atoms in total. The zero-order valence-electron chi connectivity index (χ0n) is 16.1. The molecule has 0 aliphatic heterocycles. The van der Waals surface area contributed by atoms with Gasteiger partial charge < -0.3 is 10.6 Å². The van der Waals surface area contributed by atoms with E-state index in [2.05, 4.69) is 46.8 Å². The highest BCUT2D eigenvalue weighted by molar-refractivity contribution is 14.0. The minimum atomic E-state index is -2.92. The van der Waals surface area contributed by atoms with E-state index < -0.39 is 9.84 Å². The molecule has 0 saturated heterocycles. The van der Waals surface area contributed by atoms with E-state index in [1.165, 1.54) is 17.4 Å². The summed E-state index contributed by atoms with van der Waals surface area (Å²) in [7, 11) is -2.92. The Morgan fingerprint density at radius 1 is 1.27 bits per heavy atom. The number of hydrogen-bond acceptors (Lipinski definition) is 4. The summed E-state index contributed by atoms with van der Waals surface area (Å²) in [6, 6.07) is 8.67. The Kier molecular flexibility index (Phi) is 13.4. The summed E-state index contributed by atoms with van der Waals surface area (Å²) in [6.45, 7) is 7.60. The lowest BCUT2D eigenvalue weighted by Crippen LogP contribution is -2.43. The molecular weight excluding hydrogens is 481 g/mol. The number of aryl methyl sites for hydroxylation is 1. The Morgan fingerprint density at radius 3 is 2.50 bits per heavy atom. The monoisotopic (exact) mass is 513 g/mol. The van der Waals surface area contributed by atoms with Crippen LogP contribution in [-0.2, 0) is 15.6 Å². The first-order chi connectivity index (χ1) is 11.8. The topological polar surface area (TPSA) is 70.6 Å². The molecule has 150 valence electrons. The first-order valence-corrected chi connectivity index (χ1v) is 11.9. The highest BCUT2D eigenvalue weighted by Gasteiger charge is 2.09. The maximum atomic E-state index is 11.3. The third kappa shape index (κ3) is 12.8. The first kappa shape index (κ1) is 25.5. The summed E-state index contributed by atoms with van der Waals surface area (Å²) in [4.78, 5) is 4.57. The summed E-state index contributed by atoms with van der Waals surface area (Å²) in [5.41, 5.74) is 2.61. The standard InChI is InChI=1S/C18H31N3O2S2.HI/c1-5-19-18(21-16(3)10-13-25(4,22)23)20-11-12-24-14-17-8-6-15(2)7-9-17;/h6-9,16H,5,10-14H2,1-4H3,(H2,19,20,21);1H. The number of aliphatic imine (C=N–C) groups is 1. The summed E-state index contributed by atoms with van der Waals surface area (Å²) in [5, 5.41) is 6.48. The molecule has 1 atom stereocenters. The highest BCUT2D eigenvalue weighted by atomic mass is 127. The second kappa shape index (κ2) is 13.7. The van der Waals surface area contributed by atoms with Crippen molar-refractivity contribution in [3.05, 3.63) is 35.4 Å². The fourth-order valence-electron chi connectivity index (χ4n) is 2.11. The number of rotatable bonds is 10. The zero-order valence-corrected chi connectivity index (χ0v) is 20.1. The van der Waals surface area contributed by atoms with Crippen LogP contribution in [-0.4, -0.2) is 51.3 Å². The van der Waals surface area contributed by atoms with Gasteiger partial charge in [0.25, 0.3) is 0 Å². The fourth-order valence-corrected chi connectivity index (χ4v) is 3.69. The lowest BCUT2D eigenvalue weighted by atomic mass is 10.2. The summed E-state index contributed by atoms with van der Waals surface area (Å²) >= 11 is 1.86. The van der Waals surface area contributed by atoms with E-state index in [4.69, 9.17) is 0 Å². The maximum Gasteiger partial charge on any atom is 0.191 e. The average molecular weight is 514 g/mol. The third-order valence-corrected chi connectivity index (χ3v) is 5.53. The molecule has 1 aromatic carbocycles. The molecule has 0 fully saturated rings. The molecule has 0 aliphatic carbocycles. The zero-order chi connectivity index (χ0) is 18.7. The smallest absolute Gasteiger partial charge is 0.191 e. The van der Waals surface area contributed by atoms with E-state index in [0.717, 1.165) is 30.6 Å². The Bertz CT molecular complexity index is 634. The quantitative estimate of drug-likeness (QED) is 0.218. The van der Waals surface area contributed by atoms with Crippen LogP contribution in [0, 0.1) is 6.92 Å². The van der Waals surface area contributed by atoms with E-state index >= 15 is 0 Å². The van der Waals surface area contributed by atoms with Gasteiger partial charge in [0.05, 0.1) is 12.3 Å². The molecule has 1 unspecified atom stereocenters. The molecule has 0 aliphatic rings. The van der Waals surface area contributed by atoms with Crippen LogP contribution in [0.25, 0.3) is 0 Å². The SMILES string of the molecule is CCNC(=NCCSCc1ccc(C)cc1)NC(C)CCS(C)(=O)=O.I. The Morgan fingerprint density at radius 2 is 1.92 bits per heavy atom. The van der Waals surface area contributed by atoms with E-state index in [1.807, 2.05) is 25.6 Å². The molecule has 0 saturated carbocycles. The predicted octanol–water partition coefficient (Wildman–Crippen LogP) is 3.22. The van der Waals surface area contributed by atoms with Crippen molar-refractivity contribution in [2.75, 3.05) is 30.9 Å². The van der Waals surface area contributed by atoms with Crippen LogP contribution in [0.2, 0.25) is 0 Å². The van der Waals surface area contributed by atoms with Gasteiger partial charge in [0.15, 0.2) is 5.96 Å². The molecule has 26 heavy (non-hydrogen) atoms. The van der Waals surface area contributed by atoms with Gasteiger partial charge in [0.2, 0.25) is 0 Å². The van der Waals surface area contributed by atoms with Crippen molar-refractivity contribution < 1.29 is 8.42 Å². The minimum Gasteiger partial charge on any atom is -0.357 e. The first-order valence-electron chi connectivity index (χ1n) is 8.66. The van der Waals surface area contributed by atoms with E-state index in [-0.39, 0.29) is 35.8 Å². The Labute approximate surface area is 180 Å². The molecule has 2 N–H and O–H groups in total. The number of halogens is 1. The van der Waals surface area contributed by atoms with Crippen LogP contribution >= 0.6 is 35.7 Å². The molecule has 0 aromatic heterocycles. The number of guanidine groups is 1.